The van der Waals surface area contributed by atoms with E-state index in [1.807, 2.05) is 12.1 Å². The lowest BCUT2D eigenvalue weighted by atomic mass is 10.1. The first kappa shape index (κ1) is 20.5. The Kier molecular flexibility index (Phi) is 6.89. The van der Waals surface area contributed by atoms with Crippen molar-refractivity contribution in [3.63, 3.8) is 0 Å². The Labute approximate surface area is 170 Å². The number of nitrogens with one attached hydrogen (secondary N) is 2. The maximum absolute atomic E-state index is 12.3. The number of hydrogen-bond donors (Lipinski definition) is 2. The van der Waals surface area contributed by atoms with Crippen molar-refractivity contribution in [2.45, 2.75) is 31.7 Å². The molecule has 1 aliphatic carbocycles. The van der Waals surface area contributed by atoms with Crippen LogP contribution in [0.1, 0.15) is 41.6 Å². The Morgan fingerprint density at radius 1 is 0.966 bits per heavy atom. The minimum absolute atomic E-state index is 0.0679. The van der Waals surface area contributed by atoms with Gasteiger partial charge in [0.2, 0.25) is 5.91 Å². The molecule has 2 amide bonds. The van der Waals surface area contributed by atoms with E-state index in [2.05, 4.69) is 10.6 Å². The van der Waals surface area contributed by atoms with E-state index in [0.29, 0.717) is 22.7 Å². The van der Waals surface area contributed by atoms with Crippen LogP contribution in [-0.4, -0.2) is 32.1 Å². The maximum Gasteiger partial charge on any atom is 0.251 e. The van der Waals surface area contributed by atoms with Gasteiger partial charge in [-0.3, -0.25) is 9.59 Å². The summed E-state index contributed by atoms with van der Waals surface area (Å²) in [6.07, 6.45) is 7.56. The summed E-state index contributed by atoms with van der Waals surface area (Å²) in [5.41, 5.74) is 2.00. The van der Waals surface area contributed by atoms with Crippen LogP contribution in [0.15, 0.2) is 48.5 Å². The van der Waals surface area contributed by atoms with Crippen LogP contribution in [0.25, 0.3) is 6.08 Å². The monoisotopic (exact) mass is 394 g/mol. The average molecular weight is 394 g/mol. The largest absolute Gasteiger partial charge is 0.497 e. The first-order valence-corrected chi connectivity index (χ1v) is 9.70. The summed E-state index contributed by atoms with van der Waals surface area (Å²) in [7, 11) is 3.15. The summed E-state index contributed by atoms with van der Waals surface area (Å²) in [6, 6.07) is 12.6. The molecule has 0 unspecified atom stereocenters. The van der Waals surface area contributed by atoms with Gasteiger partial charge in [0.25, 0.3) is 5.91 Å². The van der Waals surface area contributed by atoms with Crippen molar-refractivity contribution in [2.75, 3.05) is 19.5 Å². The highest BCUT2D eigenvalue weighted by atomic mass is 16.5. The third kappa shape index (κ3) is 5.85. The fraction of sp³-hybridized carbons (Fsp3) is 0.304. The fourth-order valence-corrected chi connectivity index (χ4v) is 3.33. The quantitative estimate of drug-likeness (QED) is 0.695. The predicted octanol–water partition coefficient (Wildman–Crippen LogP) is 4.03. The molecule has 1 fully saturated rings. The second-order valence-electron chi connectivity index (χ2n) is 7.00. The Morgan fingerprint density at radius 3 is 2.17 bits per heavy atom. The standard InChI is InChI=1S/C23H26N2O4/c1-28-20-13-16(14-21(15-20)29-2)7-12-22(26)24-19-10-8-17(9-11-19)23(27)25-18-5-3-4-6-18/h7-15,18H,3-6H2,1-2H3,(H,24,26)(H,25,27)/b12-7+. The summed E-state index contributed by atoms with van der Waals surface area (Å²) in [6.45, 7) is 0. The zero-order valence-electron chi connectivity index (χ0n) is 16.7. The van der Waals surface area contributed by atoms with Gasteiger partial charge in [-0.15, -0.1) is 0 Å². The molecule has 2 N–H and O–H groups in total. The van der Waals surface area contributed by atoms with Crippen LogP contribution >= 0.6 is 0 Å². The lowest BCUT2D eigenvalue weighted by Crippen LogP contribution is -2.32. The van der Waals surface area contributed by atoms with E-state index in [4.69, 9.17) is 9.47 Å². The zero-order chi connectivity index (χ0) is 20.6. The highest BCUT2D eigenvalue weighted by molar-refractivity contribution is 6.02. The molecule has 29 heavy (non-hydrogen) atoms. The molecular formula is C23H26N2O4. The minimum atomic E-state index is -0.269. The van der Waals surface area contributed by atoms with Gasteiger partial charge < -0.3 is 20.1 Å². The van der Waals surface area contributed by atoms with E-state index < -0.39 is 0 Å². The second-order valence-corrected chi connectivity index (χ2v) is 7.00. The molecule has 0 heterocycles. The van der Waals surface area contributed by atoms with Crippen LogP contribution in [-0.2, 0) is 4.79 Å². The van der Waals surface area contributed by atoms with Crippen LogP contribution in [0.2, 0.25) is 0 Å². The molecule has 0 bridgehead atoms. The van der Waals surface area contributed by atoms with Gasteiger partial charge >= 0.3 is 0 Å². The van der Waals surface area contributed by atoms with Gasteiger partial charge in [0.15, 0.2) is 0 Å². The van der Waals surface area contributed by atoms with Crippen molar-refractivity contribution in [1.82, 2.24) is 5.32 Å². The number of methoxy groups -OCH3 is 2. The molecule has 6 heteroatoms. The summed E-state index contributed by atoms with van der Waals surface area (Å²) >= 11 is 0. The van der Waals surface area contributed by atoms with Crippen molar-refractivity contribution < 1.29 is 19.1 Å². The Bertz CT molecular complexity index is 862. The van der Waals surface area contributed by atoms with Crippen LogP contribution in [0.3, 0.4) is 0 Å². The minimum Gasteiger partial charge on any atom is -0.497 e. The lowest BCUT2D eigenvalue weighted by Gasteiger charge is -2.12. The Balaban J connectivity index is 1.57. The van der Waals surface area contributed by atoms with Gasteiger partial charge in [0.1, 0.15) is 11.5 Å². The van der Waals surface area contributed by atoms with E-state index in [1.54, 1.807) is 50.6 Å². The molecule has 1 saturated carbocycles. The van der Waals surface area contributed by atoms with Gasteiger partial charge in [0.05, 0.1) is 14.2 Å². The molecule has 0 aliphatic heterocycles. The molecule has 0 atom stereocenters. The van der Waals surface area contributed by atoms with Gasteiger partial charge in [-0.2, -0.15) is 0 Å². The Hall–Kier alpha value is -3.28. The van der Waals surface area contributed by atoms with Gasteiger partial charge in [0, 0.05) is 29.4 Å². The van der Waals surface area contributed by atoms with Gasteiger partial charge in [-0.05, 0) is 60.9 Å². The fourth-order valence-electron chi connectivity index (χ4n) is 3.33. The molecule has 1 aliphatic rings. The van der Waals surface area contributed by atoms with Crippen molar-refractivity contribution in [1.29, 1.82) is 0 Å². The molecule has 2 aromatic rings. The predicted molar refractivity (Wildman–Crippen MR) is 113 cm³/mol. The summed E-state index contributed by atoms with van der Waals surface area (Å²) in [4.78, 5) is 24.5. The molecule has 2 aromatic carbocycles. The first-order valence-electron chi connectivity index (χ1n) is 9.70. The summed E-state index contributed by atoms with van der Waals surface area (Å²) in [5, 5.41) is 5.84. The number of carbonyl (C=O) groups excluding carboxylic acids is 2. The van der Waals surface area contributed by atoms with Crippen molar-refractivity contribution >= 4 is 23.6 Å². The topological polar surface area (TPSA) is 76.7 Å². The van der Waals surface area contributed by atoms with Crippen LogP contribution in [0, 0.1) is 0 Å². The van der Waals surface area contributed by atoms with Crippen LogP contribution in [0.4, 0.5) is 5.69 Å². The number of hydrogen-bond acceptors (Lipinski definition) is 4. The lowest BCUT2D eigenvalue weighted by molar-refractivity contribution is -0.111. The molecule has 0 aromatic heterocycles. The third-order valence-corrected chi connectivity index (χ3v) is 4.91. The van der Waals surface area contributed by atoms with E-state index >= 15 is 0 Å². The molecule has 152 valence electrons. The number of rotatable bonds is 7. The molecule has 3 rings (SSSR count). The maximum atomic E-state index is 12.3. The Morgan fingerprint density at radius 2 is 1.59 bits per heavy atom. The van der Waals surface area contributed by atoms with E-state index in [1.165, 1.54) is 18.9 Å². The van der Waals surface area contributed by atoms with E-state index in [0.717, 1.165) is 18.4 Å². The summed E-state index contributed by atoms with van der Waals surface area (Å²) in [5.74, 6) is 0.961. The van der Waals surface area contributed by atoms with E-state index in [9.17, 15) is 9.59 Å². The van der Waals surface area contributed by atoms with Crippen molar-refractivity contribution in [2.24, 2.45) is 0 Å². The third-order valence-electron chi connectivity index (χ3n) is 4.91. The number of benzene rings is 2. The van der Waals surface area contributed by atoms with E-state index in [-0.39, 0.29) is 17.9 Å². The van der Waals surface area contributed by atoms with Crippen molar-refractivity contribution in [3.05, 3.63) is 59.7 Å². The van der Waals surface area contributed by atoms with Crippen LogP contribution in [0.5, 0.6) is 11.5 Å². The highest BCUT2D eigenvalue weighted by Crippen LogP contribution is 2.23. The smallest absolute Gasteiger partial charge is 0.251 e. The second kappa shape index (κ2) is 9.78. The summed E-state index contributed by atoms with van der Waals surface area (Å²) < 4.78 is 10.4. The molecule has 0 spiro atoms. The van der Waals surface area contributed by atoms with Crippen molar-refractivity contribution in [3.8, 4) is 11.5 Å². The molecular weight excluding hydrogens is 368 g/mol. The van der Waals surface area contributed by atoms with Crippen LogP contribution < -0.4 is 20.1 Å². The SMILES string of the molecule is COc1cc(/C=C/C(=O)Nc2ccc(C(=O)NC3CCCC3)cc2)cc(OC)c1. The molecule has 6 nitrogen and oxygen atoms in total. The zero-order valence-corrected chi connectivity index (χ0v) is 16.7. The van der Waals surface area contributed by atoms with Gasteiger partial charge in [-0.25, -0.2) is 0 Å². The number of amides is 2. The highest BCUT2D eigenvalue weighted by Gasteiger charge is 2.17. The molecule has 0 saturated heterocycles. The average Bonchev–Trinajstić information content (AvgIpc) is 3.25. The normalized spacial score (nSPS) is 14.0. The van der Waals surface area contributed by atoms with Gasteiger partial charge in [-0.1, -0.05) is 12.8 Å². The number of anilines is 1. The number of carbonyl (C=O) groups is 2. The molecule has 0 radical (unpaired) electrons. The first-order chi connectivity index (χ1) is 14.1. The number of ether oxygens (including phenoxy) is 2.